The summed E-state index contributed by atoms with van der Waals surface area (Å²) >= 11 is 0. The molecule has 1 aliphatic rings. The summed E-state index contributed by atoms with van der Waals surface area (Å²) in [6, 6.07) is 1.22. The molecule has 2 N–H and O–H groups in total. The van der Waals surface area contributed by atoms with Gasteiger partial charge in [-0.25, -0.2) is 4.79 Å². The summed E-state index contributed by atoms with van der Waals surface area (Å²) in [5.74, 6) is 0.479. The molecule has 2 aromatic heterocycles. The number of aryl methyl sites for hydroxylation is 2. The van der Waals surface area contributed by atoms with E-state index in [9.17, 15) is 9.59 Å². The Balaban J connectivity index is 1.71. The van der Waals surface area contributed by atoms with Crippen molar-refractivity contribution in [3.63, 3.8) is 0 Å². The van der Waals surface area contributed by atoms with Crippen LogP contribution in [0.15, 0.2) is 18.5 Å². The third-order valence-electron chi connectivity index (χ3n) is 5.15. The van der Waals surface area contributed by atoms with Gasteiger partial charge < -0.3 is 15.0 Å². The fourth-order valence-electron chi connectivity index (χ4n) is 3.59. The Labute approximate surface area is 163 Å². The predicted octanol–water partition coefficient (Wildman–Crippen LogP) is 0.820. The number of nitrogens with one attached hydrogen (secondary N) is 2. The molecule has 3 amide bonds. The minimum absolute atomic E-state index is 0.0539. The van der Waals surface area contributed by atoms with Crippen molar-refractivity contribution in [2.24, 2.45) is 20.0 Å². The van der Waals surface area contributed by atoms with Crippen LogP contribution in [0.2, 0.25) is 0 Å². The van der Waals surface area contributed by atoms with Crippen LogP contribution in [0.4, 0.5) is 10.6 Å². The van der Waals surface area contributed by atoms with Crippen LogP contribution in [0.5, 0.6) is 0 Å². The number of anilines is 1. The highest BCUT2D eigenvalue weighted by Crippen LogP contribution is 2.38. The first-order valence-electron chi connectivity index (χ1n) is 9.22. The van der Waals surface area contributed by atoms with Crippen LogP contribution in [0.25, 0.3) is 0 Å². The van der Waals surface area contributed by atoms with Crippen molar-refractivity contribution >= 4 is 17.8 Å². The third-order valence-corrected chi connectivity index (χ3v) is 5.15. The molecule has 0 bridgehead atoms. The van der Waals surface area contributed by atoms with Gasteiger partial charge in [0.1, 0.15) is 0 Å². The summed E-state index contributed by atoms with van der Waals surface area (Å²) in [7, 11) is 5.27. The summed E-state index contributed by atoms with van der Waals surface area (Å²) in [4.78, 5) is 26.7. The second kappa shape index (κ2) is 8.42. The number of likely N-dealkylation sites (tertiary alicyclic amines) is 1. The maximum atomic E-state index is 12.6. The molecule has 0 spiro atoms. The molecule has 0 unspecified atom stereocenters. The molecule has 3 rings (SSSR count). The zero-order valence-electron chi connectivity index (χ0n) is 16.7. The zero-order valence-corrected chi connectivity index (χ0v) is 16.7. The van der Waals surface area contributed by atoms with Crippen molar-refractivity contribution in [1.82, 2.24) is 29.8 Å². The molecular weight excluding hydrogens is 362 g/mol. The van der Waals surface area contributed by atoms with E-state index in [-0.39, 0.29) is 23.9 Å². The van der Waals surface area contributed by atoms with E-state index in [2.05, 4.69) is 20.8 Å². The van der Waals surface area contributed by atoms with Gasteiger partial charge in [0.25, 0.3) is 0 Å². The number of carbonyl (C=O) groups excluding carboxylic acids is 2. The van der Waals surface area contributed by atoms with Crippen LogP contribution in [-0.4, -0.2) is 63.2 Å². The molecule has 152 valence electrons. The summed E-state index contributed by atoms with van der Waals surface area (Å²) < 4.78 is 8.58. The number of ether oxygens (including phenoxy) is 1. The number of methoxy groups -OCH3 is 1. The SMILES string of the molecule is COCCN1C(=O)C[C@H](CNC(=O)Nc2ccn(C)n2)[C@H]1c1cnn(C)c1C. The summed E-state index contributed by atoms with van der Waals surface area (Å²) in [5.41, 5.74) is 2.01. The van der Waals surface area contributed by atoms with Gasteiger partial charge in [-0.1, -0.05) is 0 Å². The Hall–Kier alpha value is -2.88. The minimum atomic E-state index is -0.344. The second-order valence-corrected chi connectivity index (χ2v) is 7.01. The average molecular weight is 389 g/mol. The highest BCUT2D eigenvalue weighted by Gasteiger charge is 2.41. The summed E-state index contributed by atoms with van der Waals surface area (Å²) in [6.07, 6.45) is 3.92. The van der Waals surface area contributed by atoms with E-state index in [0.29, 0.717) is 31.9 Å². The van der Waals surface area contributed by atoms with E-state index in [4.69, 9.17) is 4.74 Å². The van der Waals surface area contributed by atoms with Gasteiger partial charge in [0, 0.05) is 70.2 Å². The molecular formula is C18H27N7O3. The maximum absolute atomic E-state index is 12.6. The van der Waals surface area contributed by atoms with Gasteiger partial charge in [0.2, 0.25) is 5.91 Å². The molecule has 2 aromatic rings. The molecule has 0 saturated carbocycles. The first kappa shape index (κ1) is 19.9. The Morgan fingerprint density at radius 2 is 2.18 bits per heavy atom. The minimum Gasteiger partial charge on any atom is -0.383 e. The topological polar surface area (TPSA) is 106 Å². The van der Waals surface area contributed by atoms with Crippen molar-refractivity contribution in [3.8, 4) is 0 Å². The zero-order chi connectivity index (χ0) is 20.3. The van der Waals surface area contributed by atoms with Crippen LogP contribution in [0.3, 0.4) is 0 Å². The van der Waals surface area contributed by atoms with Gasteiger partial charge in [-0.3, -0.25) is 19.5 Å². The summed E-state index contributed by atoms with van der Waals surface area (Å²) in [5, 5.41) is 14.0. The van der Waals surface area contributed by atoms with Gasteiger partial charge in [0.05, 0.1) is 18.8 Å². The number of carbonyl (C=O) groups is 2. The molecule has 1 fully saturated rings. The number of hydrogen-bond donors (Lipinski definition) is 2. The normalized spacial score (nSPS) is 19.3. The highest BCUT2D eigenvalue weighted by atomic mass is 16.5. The van der Waals surface area contributed by atoms with Crippen molar-refractivity contribution in [1.29, 1.82) is 0 Å². The molecule has 0 aromatic carbocycles. The number of rotatable bonds is 7. The number of amides is 3. The van der Waals surface area contributed by atoms with E-state index in [1.54, 1.807) is 42.0 Å². The molecule has 0 aliphatic carbocycles. The molecule has 28 heavy (non-hydrogen) atoms. The van der Waals surface area contributed by atoms with E-state index < -0.39 is 0 Å². The van der Waals surface area contributed by atoms with Crippen LogP contribution in [0.1, 0.15) is 23.7 Å². The van der Waals surface area contributed by atoms with Gasteiger partial charge in [0.15, 0.2) is 5.82 Å². The molecule has 10 heteroatoms. The standard InChI is InChI=1S/C18H27N7O3/c1-12-14(11-20-24(12)3)17-13(9-16(26)25(17)7-8-28-4)10-19-18(27)21-15-5-6-23(2)22-15/h5-6,11,13,17H,7-10H2,1-4H3,(H2,19,21,22,27)/t13-,17+/m1/s1. The smallest absolute Gasteiger partial charge is 0.320 e. The van der Waals surface area contributed by atoms with Gasteiger partial charge >= 0.3 is 6.03 Å². The lowest BCUT2D eigenvalue weighted by Gasteiger charge is -2.28. The fourth-order valence-corrected chi connectivity index (χ4v) is 3.59. The van der Waals surface area contributed by atoms with Crippen molar-refractivity contribution < 1.29 is 14.3 Å². The van der Waals surface area contributed by atoms with Gasteiger partial charge in [-0.2, -0.15) is 10.2 Å². The van der Waals surface area contributed by atoms with Crippen LogP contribution in [0, 0.1) is 12.8 Å². The Bertz CT molecular complexity index is 844. The lowest BCUT2D eigenvalue weighted by Crippen LogP contribution is -2.37. The van der Waals surface area contributed by atoms with Crippen LogP contribution < -0.4 is 10.6 Å². The molecule has 1 saturated heterocycles. The molecule has 0 radical (unpaired) electrons. The number of nitrogens with zero attached hydrogens (tertiary/aromatic N) is 5. The van der Waals surface area contributed by atoms with E-state index in [0.717, 1.165) is 11.3 Å². The summed E-state index contributed by atoms with van der Waals surface area (Å²) in [6.45, 7) is 3.32. The largest absolute Gasteiger partial charge is 0.383 e. The predicted molar refractivity (Wildman–Crippen MR) is 103 cm³/mol. The van der Waals surface area contributed by atoms with Crippen LogP contribution in [-0.2, 0) is 23.6 Å². The van der Waals surface area contributed by atoms with Crippen molar-refractivity contribution in [2.45, 2.75) is 19.4 Å². The average Bonchev–Trinajstić information content (AvgIpc) is 3.30. The highest BCUT2D eigenvalue weighted by molar-refractivity contribution is 5.88. The molecule has 1 aliphatic heterocycles. The number of urea groups is 1. The van der Waals surface area contributed by atoms with E-state index >= 15 is 0 Å². The monoisotopic (exact) mass is 389 g/mol. The fraction of sp³-hybridized carbons (Fsp3) is 0.556. The second-order valence-electron chi connectivity index (χ2n) is 7.01. The van der Waals surface area contributed by atoms with Crippen molar-refractivity contribution in [3.05, 3.63) is 29.7 Å². The van der Waals surface area contributed by atoms with E-state index in [1.165, 1.54) is 0 Å². The van der Waals surface area contributed by atoms with E-state index in [1.807, 2.05) is 18.9 Å². The Morgan fingerprint density at radius 3 is 2.79 bits per heavy atom. The molecule has 10 nitrogen and oxygen atoms in total. The lowest BCUT2D eigenvalue weighted by molar-refractivity contribution is -0.129. The van der Waals surface area contributed by atoms with Crippen LogP contribution >= 0.6 is 0 Å². The van der Waals surface area contributed by atoms with Crippen molar-refractivity contribution in [2.75, 3.05) is 32.1 Å². The molecule has 2 atom stereocenters. The Kier molecular flexibility index (Phi) is 5.98. The first-order valence-corrected chi connectivity index (χ1v) is 9.22. The number of aromatic nitrogens is 4. The third kappa shape index (κ3) is 4.16. The van der Waals surface area contributed by atoms with Gasteiger partial charge in [-0.15, -0.1) is 0 Å². The molecule has 3 heterocycles. The first-order chi connectivity index (χ1) is 13.4. The van der Waals surface area contributed by atoms with Gasteiger partial charge in [-0.05, 0) is 6.92 Å². The maximum Gasteiger partial charge on any atom is 0.320 e. The lowest BCUT2D eigenvalue weighted by atomic mass is 9.94. The Morgan fingerprint density at radius 1 is 1.39 bits per heavy atom. The quantitative estimate of drug-likeness (QED) is 0.729. The number of hydrogen-bond acceptors (Lipinski definition) is 5.